The van der Waals surface area contributed by atoms with E-state index in [1.165, 1.54) is 18.5 Å². The van der Waals surface area contributed by atoms with Crippen molar-refractivity contribution in [3.8, 4) is 0 Å². The topological polar surface area (TPSA) is 93.3 Å². The van der Waals surface area contributed by atoms with Crippen LogP contribution in [-0.2, 0) is 6.54 Å². The van der Waals surface area contributed by atoms with E-state index in [0.717, 1.165) is 30.3 Å². The first-order valence-corrected chi connectivity index (χ1v) is 11.3. The minimum atomic E-state index is -0.402. The summed E-state index contributed by atoms with van der Waals surface area (Å²) in [5, 5.41) is 18.4. The van der Waals surface area contributed by atoms with Crippen LogP contribution in [0, 0.1) is 29.9 Å². The number of nitrogens with zero attached hydrogens (tertiary/aromatic N) is 4. The minimum absolute atomic E-state index is 0.0480. The van der Waals surface area contributed by atoms with E-state index >= 15 is 0 Å². The SMILES string of the molecule is Cc1nn(Cc2ccc(C(=O)Nc3ccc(N4CCC(C)CC4)cc3)cc2)c(C)c1[N+](=O)[O-]. The molecule has 1 aliphatic heterocycles. The lowest BCUT2D eigenvalue weighted by atomic mass is 9.99. The van der Waals surface area contributed by atoms with Crippen molar-refractivity contribution in [1.29, 1.82) is 0 Å². The number of carbonyl (C=O) groups is 1. The number of hydrogen-bond donors (Lipinski definition) is 1. The van der Waals surface area contributed by atoms with E-state index in [2.05, 4.69) is 34.4 Å². The van der Waals surface area contributed by atoms with Gasteiger partial charge in [-0.1, -0.05) is 19.1 Å². The Labute approximate surface area is 193 Å². The average molecular weight is 448 g/mol. The molecule has 0 bridgehead atoms. The third-order valence-electron chi connectivity index (χ3n) is 6.35. The van der Waals surface area contributed by atoms with Crippen molar-refractivity contribution in [2.75, 3.05) is 23.3 Å². The van der Waals surface area contributed by atoms with Crippen LogP contribution in [0.4, 0.5) is 17.1 Å². The summed E-state index contributed by atoms with van der Waals surface area (Å²) in [4.78, 5) is 25.9. The zero-order valence-corrected chi connectivity index (χ0v) is 19.2. The van der Waals surface area contributed by atoms with Gasteiger partial charge < -0.3 is 10.2 Å². The molecule has 1 saturated heterocycles. The van der Waals surface area contributed by atoms with E-state index in [-0.39, 0.29) is 11.6 Å². The predicted molar refractivity (Wildman–Crippen MR) is 129 cm³/mol. The van der Waals surface area contributed by atoms with Gasteiger partial charge in [-0.2, -0.15) is 5.10 Å². The first-order chi connectivity index (χ1) is 15.8. The molecule has 1 aliphatic rings. The Morgan fingerprint density at radius 3 is 2.30 bits per heavy atom. The van der Waals surface area contributed by atoms with Crippen LogP contribution < -0.4 is 10.2 Å². The smallest absolute Gasteiger partial charge is 0.312 e. The van der Waals surface area contributed by atoms with Crippen molar-refractivity contribution in [3.05, 3.63) is 81.2 Å². The summed E-state index contributed by atoms with van der Waals surface area (Å²) in [6.07, 6.45) is 2.43. The number of anilines is 2. The molecule has 1 fully saturated rings. The van der Waals surface area contributed by atoms with Crippen LogP contribution in [-0.4, -0.2) is 33.7 Å². The number of rotatable bonds is 6. The third kappa shape index (κ3) is 5.05. The molecule has 0 aliphatic carbocycles. The van der Waals surface area contributed by atoms with Gasteiger partial charge in [0.05, 0.1) is 11.5 Å². The molecule has 3 aromatic rings. The molecule has 33 heavy (non-hydrogen) atoms. The fourth-order valence-electron chi connectivity index (χ4n) is 4.27. The van der Waals surface area contributed by atoms with Crippen molar-refractivity contribution in [2.45, 2.75) is 40.2 Å². The van der Waals surface area contributed by atoms with Gasteiger partial charge in [0.1, 0.15) is 11.4 Å². The lowest BCUT2D eigenvalue weighted by molar-refractivity contribution is -0.386. The van der Waals surface area contributed by atoms with E-state index in [9.17, 15) is 14.9 Å². The van der Waals surface area contributed by atoms with Crippen LogP contribution in [0.1, 0.15) is 47.1 Å². The number of aromatic nitrogens is 2. The van der Waals surface area contributed by atoms with Crippen LogP contribution in [0.5, 0.6) is 0 Å². The minimum Gasteiger partial charge on any atom is -0.372 e. The number of benzene rings is 2. The highest BCUT2D eigenvalue weighted by molar-refractivity contribution is 6.04. The van der Waals surface area contributed by atoms with E-state index < -0.39 is 4.92 Å². The Kier molecular flexibility index (Phi) is 6.44. The van der Waals surface area contributed by atoms with Gasteiger partial charge in [0.15, 0.2) is 0 Å². The number of piperidine rings is 1. The largest absolute Gasteiger partial charge is 0.372 e. The van der Waals surface area contributed by atoms with Crippen molar-refractivity contribution in [3.63, 3.8) is 0 Å². The van der Waals surface area contributed by atoms with Gasteiger partial charge in [0, 0.05) is 30.0 Å². The summed E-state index contributed by atoms with van der Waals surface area (Å²) in [6.45, 7) is 8.17. The molecular formula is C25H29N5O3. The maximum Gasteiger partial charge on any atom is 0.312 e. The molecule has 0 saturated carbocycles. The van der Waals surface area contributed by atoms with Crippen LogP contribution in [0.2, 0.25) is 0 Å². The Hall–Kier alpha value is -3.68. The molecule has 1 amide bonds. The molecule has 0 spiro atoms. The van der Waals surface area contributed by atoms with E-state index in [1.54, 1.807) is 30.7 Å². The number of aryl methyl sites for hydroxylation is 1. The molecule has 2 heterocycles. The van der Waals surface area contributed by atoms with E-state index in [4.69, 9.17) is 0 Å². The highest BCUT2D eigenvalue weighted by atomic mass is 16.6. The zero-order chi connectivity index (χ0) is 23.5. The van der Waals surface area contributed by atoms with Gasteiger partial charge in [0.2, 0.25) is 0 Å². The summed E-state index contributed by atoms with van der Waals surface area (Å²) in [7, 11) is 0. The normalized spacial score (nSPS) is 14.3. The van der Waals surface area contributed by atoms with Gasteiger partial charge in [-0.05, 0) is 74.6 Å². The van der Waals surface area contributed by atoms with Gasteiger partial charge in [-0.25, -0.2) is 0 Å². The first kappa shape index (κ1) is 22.5. The monoisotopic (exact) mass is 447 g/mol. The Morgan fingerprint density at radius 2 is 1.73 bits per heavy atom. The molecule has 8 nitrogen and oxygen atoms in total. The van der Waals surface area contributed by atoms with Gasteiger partial charge in [0.25, 0.3) is 5.91 Å². The van der Waals surface area contributed by atoms with E-state index in [0.29, 0.717) is 23.5 Å². The van der Waals surface area contributed by atoms with Crippen molar-refractivity contribution < 1.29 is 9.72 Å². The Balaban J connectivity index is 1.38. The van der Waals surface area contributed by atoms with Crippen LogP contribution in [0.15, 0.2) is 48.5 Å². The number of hydrogen-bond acceptors (Lipinski definition) is 5. The number of amides is 1. The zero-order valence-electron chi connectivity index (χ0n) is 19.2. The van der Waals surface area contributed by atoms with Crippen molar-refractivity contribution in [1.82, 2.24) is 9.78 Å². The van der Waals surface area contributed by atoms with E-state index in [1.807, 2.05) is 24.3 Å². The van der Waals surface area contributed by atoms with Crippen LogP contribution >= 0.6 is 0 Å². The summed E-state index contributed by atoms with van der Waals surface area (Å²) in [6, 6.07) is 15.2. The maximum absolute atomic E-state index is 12.7. The molecule has 4 rings (SSSR count). The highest BCUT2D eigenvalue weighted by Crippen LogP contribution is 2.25. The molecule has 172 valence electrons. The molecule has 8 heteroatoms. The molecule has 0 unspecified atom stereocenters. The molecule has 0 radical (unpaired) electrons. The second-order valence-electron chi connectivity index (χ2n) is 8.80. The molecule has 1 aromatic heterocycles. The van der Waals surface area contributed by atoms with Crippen molar-refractivity contribution >= 4 is 23.0 Å². The fourth-order valence-corrected chi connectivity index (χ4v) is 4.27. The second kappa shape index (κ2) is 9.44. The van der Waals surface area contributed by atoms with Gasteiger partial charge >= 0.3 is 5.69 Å². The van der Waals surface area contributed by atoms with Gasteiger partial charge in [-0.3, -0.25) is 19.6 Å². The fraction of sp³-hybridized carbons (Fsp3) is 0.360. The quantitative estimate of drug-likeness (QED) is 0.426. The standard InChI is InChI=1S/C25H29N5O3/c1-17-12-14-28(15-13-17)23-10-8-22(9-11-23)26-25(31)21-6-4-20(5-7-21)16-29-19(3)24(30(32)33)18(2)27-29/h4-11,17H,12-16H2,1-3H3,(H,26,31). The number of carbonyl (C=O) groups excluding carboxylic acids is 1. The maximum atomic E-state index is 12.7. The first-order valence-electron chi connectivity index (χ1n) is 11.3. The lowest BCUT2D eigenvalue weighted by Gasteiger charge is -2.32. The van der Waals surface area contributed by atoms with Crippen molar-refractivity contribution in [2.24, 2.45) is 5.92 Å². The number of nitrogens with one attached hydrogen (secondary N) is 1. The predicted octanol–water partition coefficient (Wildman–Crippen LogP) is 4.95. The van der Waals surface area contributed by atoms with Crippen LogP contribution in [0.3, 0.4) is 0 Å². The Bertz CT molecular complexity index is 1140. The summed E-state index contributed by atoms with van der Waals surface area (Å²) in [5.41, 5.74) is 4.37. The molecule has 0 atom stereocenters. The lowest BCUT2D eigenvalue weighted by Crippen LogP contribution is -2.32. The van der Waals surface area contributed by atoms with Crippen LogP contribution in [0.25, 0.3) is 0 Å². The third-order valence-corrected chi connectivity index (χ3v) is 6.35. The number of nitro groups is 1. The second-order valence-corrected chi connectivity index (χ2v) is 8.80. The summed E-state index contributed by atoms with van der Waals surface area (Å²) < 4.78 is 1.62. The van der Waals surface area contributed by atoms with Gasteiger partial charge in [-0.15, -0.1) is 0 Å². The summed E-state index contributed by atoms with van der Waals surface area (Å²) >= 11 is 0. The molecule has 2 aromatic carbocycles. The average Bonchev–Trinajstić information content (AvgIpc) is 3.08. The summed E-state index contributed by atoms with van der Waals surface area (Å²) in [5.74, 6) is 0.611. The highest BCUT2D eigenvalue weighted by Gasteiger charge is 2.21. The molecular weight excluding hydrogens is 418 g/mol. The molecule has 1 N–H and O–H groups in total. The Morgan fingerprint density at radius 1 is 1.09 bits per heavy atom.